The summed E-state index contributed by atoms with van der Waals surface area (Å²) < 4.78 is 5.61. The van der Waals surface area contributed by atoms with E-state index in [2.05, 4.69) is 25.8 Å². The predicted octanol–water partition coefficient (Wildman–Crippen LogP) is 3.81. The lowest BCUT2D eigenvalue weighted by Crippen LogP contribution is -2.29. The van der Waals surface area contributed by atoms with E-state index in [-0.39, 0.29) is 6.03 Å². The minimum Gasteiger partial charge on any atom is -0.411 e. The number of hydrogen-bond acceptors (Lipinski definition) is 7. The Kier molecular flexibility index (Phi) is 6.02. The van der Waals surface area contributed by atoms with Crippen LogP contribution in [0.25, 0.3) is 11.5 Å². The van der Waals surface area contributed by atoms with Crippen LogP contribution in [0.5, 0.6) is 0 Å². The number of nitrogens with one attached hydrogen (secondary N) is 2. The fourth-order valence-corrected chi connectivity index (χ4v) is 3.33. The quantitative estimate of drug-likeness (QED) is 0.482. The standard InChI is InChI=1S/C16H17N5O2S2/c1-11-10-25-15(18-11)19-14(22)17-8-5-9-24-16-21-20-13(23-16)12-6-3-2-4-7-12/h2-4,6-7,10H,5,8-9H2,1H3,(H2,17,18,19,22). The molecule has 3 aromatic rings. The Bertz CT molecular complexity index is 819. The number of thiazole rings is 1. The zero-order valence-electron chi connectivity index (χ0n) is 13.6. The Morgan fingerprint density at radius 2 is 2.12 bits per heavy atom. The highest BCUT2D eigenvalue weighted by atomic mass is 32.2. The zero-order valence-corrected chi connectivity index (χ0v) is 15.2. The third-order valence-electron chi connectivity index (χ3n) is 3.10. The van der Waals surface area contributed by atoms with Crippen LogP contribution >= 0.6 is 23.1 Å². The van der Waals surface area contributed by atoms with Gasteiger partial charge >= 0.3 is 6.03 Å². The first-order valence-electron chi connectivity index (χ1n) is 7.69. The Morgan fingerprint density at radius 1 is 1.28 bits per heavy atom. The van der Waals surface area contributed by atoms with E-state index in [1.165, 1.54) is 23.1 Å². The van der Waals surface area contributed by atoms with Gasteiger partial charge in [-0.2, -0.15) is 0 Å². The van der Waals surface area contributed by atoms with Crippen molar-refractivity contribution in [3.8, 4) is 11.5 Å². The van der Waals surface area contributed by atoms with Gasteiger partial charge in [0.1, 0.15) is 0 Å². The van der Waals surface area contributed by atoms with Crippen molar-refractivity contribution in [2.45, 2.75) is 18.6 Å². The van der Waals surface area contributed by atoms with Crippen molar-refractivity contribution < 1.29 is 9.21 Å². The van der Waals surface area contributed by atoms with E-state index in [0.29, 0.717) is 22.8 Å². The van der Waals surface area contributed by atoms with Gasteiger partial charge in [0, 0.05) is 23.2 Å². The predicted molar refractivity (Wildman–Crippen MR) is 98.9 cm³/mol. The van der Waals surface area contributed by atoms with Gasteiger partial charge in [-0.3, -0.25) is 5.32 Å². The van der Waals surface area contributed by atoms with Gasteiger partial charge in [0.25, 0.3) is 5.22 Å². The van der Waals surface area contributed by atoms with Crippen LogP contribution in [-0.2, 0) is 0 Å². The highest BCUT2D eigenvalue weighted by Gasteiger charge is 2.08. The van der Waals surface area contributed by atoms with Gasteiger partial charge in [0.2, 0.25) is 5.89 Å². The normalized spacial score (nSPS) is 10.6. The van der Waals surface area contributed by atoms with Crippen molar-refractivity contribution in [2.24, 2.45) is 0 Å². The van der Waals surface area contributed by atoms with Gasteiger partial charge in [-0.25, -0.2) is 9.78 Å². The summed E-state index contributed by atoms with van der Waals surface area (Å²) in [5.41, 5.74) is 1.80. The number of carbonyl (C=O) groups excluding carboxylic acids is 1. The number of hydrogen-bond donors (Lipinski definition) is 2. The van der Waals surface area contributed by atoms with Gasteiger partial charge in [0.05, 0.1) is 5.69 Å². The monoisotopic (exact) mass is 375 g/mol. The molecule has 2 aromatic heterocycles. The summed E-state index contributed by atoms with van der Waals surface area (Å²) in [5.74, 6) is 1.28. The number of nitrogens with zero attached hydrogens (tertiary/aromatic N) is 3. The Balaban J connectivity index is 1.35. The molecule has 3 rings (SSSR count). The summed E-state index contributed by atoms with van der Waals surface area (Å²) in [5, 5.41) is 16.6. The largest absolute Gasteiger partial charge is 0.411 e. The molecule has 2 amide bonds. The number of benzene rings is 1. The van der Waals surface area contributed by atoms with Crippen LogP contribution in [0, 0.1) is 6.92 Å². The third kappa shape index (κ3) is 5.30. The molecular formula is C16H17N5O2S2. The second-order valence-corrected chi connectivity index (χ2v) is 7.02. The molecule has 0 radical (unpaired) electrons. The number of thioether (sulfide) groups is 1. The Labute approximate surface area is 153 Å². The fourth-order valence-electron chi connectivity index (χ4n) is 1.95. The molecule has 0 aliphatic heterocycles. The average molecular weight is 375 g/mol. The molecule has 9 heteroatoms. The summed E-state index contributed by atoms with van der Waals surface area (Å²) in [6.45, 7) is 2.44. The molecule has 0 fully saturated rings. The lowest BCUT2D eigenvalue weighted by atomic mass is 10.2. The van der Waals surface area contributed by atoms with Crippen molar-refractivity contribution in [1.29, 1.82) is 0 Å². The smallest absolute Gasteiger partial charge is 0.321 e. The van der Waals surface area contributed by atoms with Gasteiger partial charge in [-0.05, 0) is 25.5 Å². The minimum atomic E-state index is -0.247. The van der Waals surface area contributed by atoms with E-state index in [9.17, 15) is 4.79 Å². The maximum Gasteiger partial charge on any atom is 0.321 e. The molecule has 2 N–H and O–H groups in total. The van der Waals surface area contributed by atoms with Gasteiger partial charge < -0.3 is 9.73 Å². The highest BCUT2D eigenvalue weighted by Crippen LogP contribution is 2.23. The van der Waals surface area contributed by atoms with Crippen LogP contribution in [-0.4, -0.2) is 33.5 Å². The number of amides is 2. The molecule has 130 valence electrons. The maximum absolute atomic E-state index is 11.7. The minimum absolute atomic E-state index is 0.247. The number of anilines is 1. The summed E-state index contributed by atoms with van der Waals surface area (Å²) in [6, 6.07) is 9.40. The molecule has 2 heterocycles. The van der Waals surface area contributed by atoms with E-state index >= 15 is 0 Å². The number of aryl methyl sites for hydroxylation is 1. The molecule has 0 unspecified atom stereocenters. The van der Waals surface area contributed by atoms with Crippen LogP contribution in [0.2, 0.25) is 0 Å². The van der Waals surface area contributed by atoms with Crippen LogP contribution in [0.1, 0.15) is 12.1 Å². The molecule has 7 nitrogen and oxygen atoms in total. The number of rotatable bonds is 7. The Morgan fingerprint density at radius 3 is 2.88 bits per heavy atom. The fraction of sp³-hybridized carbons (Fsp3) is 0.250. The first kappa shape index (κ1) is 17.4. The SMILES string of the molecule is Cc1csc(NC(=O)NCCCSc2nnc(-c3ccccc3)o2)n1. The van der Waals surface area contributed by atoms with Gasteiger partial charge in [-0.15, -0.1) is 21.5 Å². The van der Waals surface area contributed by atoms with E-state index in [1.54, 1.807) is 0 Å². The molecule has 0 aliphatic carbocycles. The van der Waals surface area contributed by atoms with Crippen LogP contribution in [0.3, 0.4) is 0 Å². The molecule has 25 heavy (non-hydrogen) atoms. The third-order valence-corrected chi connectivity index (χ3v) is 4.88. The summed E-state index contributed by atoms with van der Waals surface area (Å²) in [7, 11) is 0. The number of urea groups is 1. The molecule has 0 aliphatic rings. The Hall–Kier alpha value is -2.39. The second-order valence-electron chi connectivity index (χ2n) is 5.12. The van der Waals surface area contributed by atoms with Gasteiger partial charge in [-0.1, -0.05) is 30.0 Å². The molecule has 0 spiro atoms. The van der Waals surface area contributed by atoms with Crippen LogP contribution in [0.4, 0.5) is 9.93 Å². The molecule has 1 aromatic carbocycles. The molecule has 0 saturated heterocycles. The first-order chi connectivity index (χ1) is 12.2. The van der Waals surface area contributed by atoms with Crippen molar-refractivity contribution >= 4 is 34.3 Å². The highest BCUT2D eigenvalue weighted by molar-refractivity contribution is 7.99. The van der Waals surface area contributed by atoms with Crippen molar-refractivity contribution in [1.82, 2.24) is 20.5 Å². The summed E-state index contributed by atoms with van der Waals surface area (Å²) >= 11 is 2.88. The van der Waals surface area contributed by atoms with E-state index < -0.39 is 0 Å². The van der Waals surface area contributed by atoms with Crippen LogP contribution < -0.4 is 10.6 Å². The van der Waals surface area contributed by atoms with Crippen molar-refractivity contribution in [3.63, 3.8) is 0 Å². The van der Waals surface area contributed by atoms with E-state index in [0.717, 1.165) is 23.4 Å². The van der Waals surface area contributed by atoms with Gasteiger partial charge in [0.15, 0.2) is 5.13 Å². The lowest BCUT2D eigenvalue weighted by molar-refractivity contribution is 0.252. The average Bonchev–Trinajstić information content (AvgIpc) is 3.24. The van der Waals surface area contributed by atoms with Crippen LogP contribution in [0.15, 0.2) is 45.4 Å². The van der Waals surface area contributed by atoms with E-state index in [4.69, 9.17) is 4.42 Å². The second kappa shape index (κ2) is 8.63. The number of carbonyl (C=O) groups is 1. The molecule has 0 saturated carbocycles. The molecule has 0 atom stereocenters. The molecule has 0 bridgehead atoms. The first-order valence-corrected chi connectivity index (χ1v) is 9.56. The topological polar surface area (TPSA) is 92.9 Å². The lowest BCUT2D eigenvalue weighted by Gasteiger charge is -2.04. The number of aromatic nitrogens is 3. The summed E-state index contributed by atoms with van der Waals surface area (Å²) in [4.78, 5) is 15.9. The molecular weight excluding hydrogens is 358 g/mol. The zero-order chi connectivity index (χ0) is 17.5. The maximum atomic E-state index is 11.7. The summed E-state index contributed by atoms with van der Waals surface area (Å²) in [6.07, 6.45) is 0.790. The van der Waals surface area contributed by atoms with Crippen molar-refractivity contribution in [2.75, 3.05) is 17.6 Å². The van der Waals surface area contributed by atoms with Crippen molar-refractivity contribution in [3.05, 3.63) is 41.4 Å². The van der Waals surface area contributed by atoms with E-state index in [1.807, 2.05) is 42.6 Å².